The monoisotopic (exact) mass is 239 g/mol. The Morgan fingerprint density at radius 1 is 1.41 bits per heavy atom. The molecule has 0 amide bonds. The first kappa shape index (κ1) is 14.2. The first-order valence-electron chi connectivity index (χ1n) is 6.43. The fourth-order valence-corrected chi connectivity index (χ4v) is 1.83. The van der Waals surface area contributed by atoms with Crippen LogP contribution in [0.5, 0.6) is 0 Å². The molecule has 0 spiro atoms. The third-order valence-corrected chi connectivity index (χ3v) is 2.84. The molecule has 17 heavy (non-hydrogen) atoms. The quantitative estimate of drug-likeness (QED) is 0.766. The lowest BCUT2D eigenvalue weighted by atomic mass is 10.1. The maximum Gasteiger partial charge on any atom is 0.0762 e. The molecule has 4 heteroatoms. The second kappa shape index (κ2) is 6.17. The summed E-state index contributed by atoms with van der Waals surface area (Å²) in [7, 11) is 0. The van der Waals surface area contributed by atoms with Crippen LogP contribution in [0.3, 0.4) is 0 Å². The van der Waals surface area contributed by atoms with Crippen LogP contribution in [0.25, 0.3) is 0 Å². The molecule has 0 radical (unpaired) electrons. The molecule has 0 saturated heterocycles. The van der Waals surface area contributed by atoms with Gasteiger partial charge in [-0.2, -0.15) is 5.10 Å². The Bertz CT molecular complexity index is 324. The van der Waals surface area contributed by atoms with Gasteiger partial charge in [-0.3, -0.25) is 4.68 Å². The molecular weight excluding hydrogens is 214 g/mol. The summed E-state index contributed by atoms with van der Waals surface area (Å²) in [5.41, 5.74) is 0.360. The first-order chi connectivity index (χ1) is 7.96. The van der Waals surface area contributed by atoms with Crippen LogP contribution in [-0.4, -0.2) is 27.0 Å². The minimum absolute atomic E-state index is 0.498. The molecule has 0 unspecified atom stereocenters. The summed E-state index contributed by atoms with van der Waals surface area (Å²) in [5, 5.41) is 17.3. The van der Waals surface area contributed by atoms with E-state index in [1.54, 1.807) is 13.8 Å². The third-order valence-electron chi connectivity index (χ3n) is 2.84. The molecule has 0 aromatic carbocycles. The minimum atomic E-state index is -0.669. The van der Waals surface area contributed by atoms with Crippen molar-refractivity contribution in [2.45, 2.75) is 58.7 Å². The molecule has 1 rings (SSSR count). The Labute approximate surface area is 104 Å². The van der Waals surface area contributed by atoms with Crippen LogP contribution in [-0.2, 0) is 6.54 Å². The van der Waals surface area contributed by atoms with Gasteiger partial charge in [0.05, 0.1) is 17.3 Å². The van der Waals surface area contributed by atoms with Gasteiger partial charge < -0.3 is 10.4 Å². The molecule has 0 aliphatic heterocycles. The van der Waals surface area contributed by atoms with E-state index in [2.05, 4.69) is 24.3 Å². The number of hydrogen-bond donors (Lipinski definition) is 2. The third kappa shape index (κ3) is 4.88. The zero-order chi connectivity index (χ0) is 12.9. The molecule has 0 atom stereocenters. The standard InChI is InChI=1S/C13H25N3O/c1-5-12(6-2)16-8-7-11(15-16)9-14-10-13(3,4)17/h7-8,12,14,17H,5-6,9-10H2,1-4H3. The summed E-state index contributed by atoms with van der Waals surface area (Å²) >= 11 is 0. The van der Waals surface area contributed by atoms with E-state index in [-0.39, 0.29) is 0 Å². The van der Waals surface area contributed by atoms with E-state index in [4.69, 9.17) is 0 Å². The number of hydrogen-bond acceptors (Lipinski definition) is 3. The number of rotatable bonds is 7. The Morgan fingerprint density at radius 3 is 2.59 bits per heavy atom. The fourth-order valence-electron chi connectivity index (χ4n) is 1.83. The van der Waals surface area contributed by atoms with Crippen LogP contribution in [0.1, 0.15) is 52.3 Å². The lowest BCUT2D eigenvalue weighted by Crippen LogP contribution is -2.34. The molecule has 0 bridgehead atoms. The van der Waals surface area contributed by atoms with E-state index in [0.29, 0.717) is 19.1 Å². The molecule has 1 heterocycles. The van der Waals surface area contributed by atoms with Gasteiger partial charge in [-0.25, -0.2) is 0 Å². The van der Waals surface area contributed by atoms with Gasteiger partial charge in [0.25, 0.3) is 0 Å². The van der Waals surface area contributed by atoms with E-state index in [1.165, 1.54) is 0 Å². The van der Waals surface area contributed by atoms with Crippen LogP contribution < -0.4 is 5.32 Å². The van der Waals surface area contributed by atoms with E-state index >= 15 is 0 Å². The predicted molar refractivity (Wildman–Crippen MR) is 69.9 cm³/mol. The van der Waals surface area contributed by atoms with E-state index in [9.17, 15) is 5.11 Å². The SMILES string of the molecule is CCC(CC)n1ccc(CNCC(C)(C)O)n1. The molecule has 0 saturated carbocycles. The maximum atomic E-state index is 9.58. The topological polar surface area (TPSA) is 50.1 Å². The van der Waals surface area contributed by atoms with Crippen molar-refractivity contribution in [2.24, 2.45) is 0 Å². The van der Waals surface area contributed by atoms with Gasteiger partial charge in [0, 0.05) is 19.3 Å². The number of aliphatic hydroxyl groups is 1. The van der Waals surface area contributed by atoms with Gasteiger partial charge in [-0.05, 0) is 32.8 Å². The molecule has 1 aromatic heterocycles. The van der Waals surface area contributed by atoms with E-state index < -0.39 is 5.60 Å². The Hall–Kier alpha value is -0.870. The maximum absolute atomic E-state index is 9.58. The smallest absolute Gasteiger partial charge is 0.0762 e. The van der Waals surface area contributed by atoms with Crippen molar-refractivity contribution in [3.05, 3.63) is 18.0 Å². The Kier molecular flexibility index (Phi) is 5.15. The fraction of sp³-hybridized carbons (Fsp3) is 0.769. The number of nitrogens with zero attached hydrogens (tertiary/aromatic N) is 2. The zero-order valence-corrected chi connectivity index (χ0v) is 11.4. The molecule has 0 aliphatic carbocycles. The van der Waals surface area contributed by atoms with Gasteiger partial charge in [-0.15, -0.1) is 0 Å². The van der Waals surface area contributed by atoms with Crippen molar-refractivity contribution in [2.75, 3.05) is 6.54 Å². The van der Waals surface area contributed by atoms with Crippen LogP contribution in [0.4, 0.5) is 0 Å². The largest absolute Gasteiger partial charge is 0.389 e. The lowest BCUT2D eigenvalue weighted by Gasteiger charge is -2.17. The average molecular weight is 239 g/mol. The van der Waals surface area contributed by atoms with Gasteiger partial charge in [0.1, 0.15) is 0 Å². The van der Waals surface area contributed by atoms with Gasteiger partial charge in [-0.1, -0.05) is 13.8 Å². The minimum Gasteiger partial charge on any atom is -0.389 e. The van der Waals surface area contributed by atoms with Crippen molar-refractivity contribution in [3.63, 3.8) is 0 Å². The molecular formula is C13H25N3O. The highest BCUT2D eigenvalue weighted by atomic mass is 16.3. The molecule has 0 fully saturated rings. The van der Waals surface area contributed by atoms with Crippen molar-refractivity contribution in [1.82, 2.24) is 15.1 Å². The summed E-state index contributed by atoms with van der Waals surface area (Å²) in [5.74, 6) is 0. The highest BCUT2D eigenvalue weighted by molar-refractivity contribution is 4.99. The van der Waals surface area contributed by atoms with Crippen molar-refractivity contribution in [3.8, 4) is 0 Å². The van der Waals surface area contributed by atoms with Crippen molar-refractivity contribution < 1.29 is 5.11 Å². The van der Waals surface area contributed by atoms with Crippen LogP contribution in [0, 0.1) is 0 Å². The zero-order valence-electron chi connectivity index (χ0n) is 11.4. The molecule has 2 N–H and O–H groups in total. The molecule has 0 aliphatic rings. The van der Waals surface area contributed by atoms with Gasteiger partial charge in [0.2, 0.25) is 0 Å². The predicted octanol–water partition coefficient (Wildman–Crippen LogP) is 2.10. The second-order valence-corrected chi connectivity index (χ2v) is 5.17. The first-order valence-corrected chi connectivity index (χ1v) is 6.43. The summed E-state index contributed by atoms with van der Waals surface area (Å²) < 4.78 is 2.04. The Morgan fingerprint density at radius 2 is 2.06 bits per heavy atom. The normalized spacial score (nSPS) is 12.4. The van der Waals surface area contributed by atoms with Crippen LogP contribution in [0.2, 0.25) is 0 Å². The van der Waals surface area contributed by atoms with E-state index in [1.807, 2.05) is 16.9 Å². The van der Waals surface area contributed by atoms with Gasteiger partial charge >= 0.3 is 0 Å². The van der Waals surface area contributed by atoms with Crippen molar-refractivity contribution in [1.29, 1.82) is 0 Å². The molecule has 4 nitrogen and oxygen atoms in total. The average Bonchev–Trinajstić information content (AvgIpc) is 2.67. The van der Waals surface area contributed by atoms with E-state index in [0.717, 1.165) is 18.5 Å². The van der Waals surface area contributed by atoms with Crippen LogP contribution in [0.15, 0.2) is 12.3 Å². The van der Waals surface area contributed by atoms with Crippen molar-refractivity contribution >= 4 is 0 Å². The highest BCUT2D eigenvalue weighted by Crippen LogP contribution is 2.14. The molecule has 98 valence electrons. The summed E-state index contributed by atoms with van der Waals surface area (Å²) in [6, 6.07) is 2.54. The summed E-state index contributed by atoms with van der Waals surface area (Å²) in [6.45, 7) is 9.23. The number of nitrogens with one attached hydrogen (secondary N) is 1. The summed E-state index contributed by atoms with van der Waals surface area (Å²) in [4.78, 5) is 0. The van der Waals surface area contributed by atoms with Gasteiger partial charge in [0.15, 0.2) is 0 Å². The second-order valence-electron chi connectivity index (χ2n) is 5.17. The Balaban J connectivity index is 2.46. The highest BCUT2D eigenvalue weighted by Gasteiger charge is 2.12. The van der Waals surface area contributed by atoms with Crippen LogP contribution >= 0.6 is 0 Å². The number of aromatic nitrogens is 2. The summed E-state index contributed by atoms with van der Waals surface area (Å²) in [6.07, 6.45) is 4.25. The lowest BCUT2D eigenvalue weighted by molar-refractivity contribution is 0.0794. The molecule has 1 aromatic rings.